The molecule has 0 radical (unpaired) electrons. The monoisotopic (exact) mass is 351 g/mol. The van der Waals surface area contributed by atoms with Crippen molar-refractivity contribution >= 4 is 16.8 Å². The molecule has 4 nitrogen and oxygen atoms in total. The van der Waals surface area contributed by atoms with Gasteiger partial charge >= 0.3 is 0 Å². The quantitative estimate of drug-likeness (QED) is 0.783. The smallest absolute Gasteiger partial charge is 0.253 e. The highest BCUT2D eigenvalue weighted by Gasteiger charge is 2.23. The number of aromatic nitrogens is 1. The molecule has 0 spiro atoms. The molecule has 1 fully saturated rings. The summed E-state index contributed by atoms with van der Waals surface area (Å²) in [6.07, 6.45) is 0. The highest BCUT2D eigenvalue weighted by atomic mass is 19.1. The second-order valence-corrected chi connectivity index (χ2v) is 6.85. The molecular weight excluding hydrogens is 329 g/mol. The molecule has 1 aliphatic heterocycles. The van der Waals surface area contributed by atoms with Gasteiger partial charge < -0.3 is 9.88 Å². The van der Waals surface area contributed by atoms with Crippen LogP contribution in [-0.2, 0) is 6.54 Å². The first-order valence-electron chi connectivity index (χ1n) is 8.95. The number of carbonyl (C=O) groups excluding carboxylic acids is 1. The number of rotatable bonds is 3. The van der Waals surface area contributed by atoms with E-state index in [0.29, 0.717) is 18.7 Å². The molecule has 1 saturated heterocycles. The SMILES string of the molecule is Cc1[nH]c2ccccc2c1CN1CCN(C(=O)c2ccc(F)cc2)CC1. The fraction of sp³-hybridized carbons (Fsp3) is 0.286. The lowest BCUT2D eigenvalue weighted by atomic mass is 10.1. The van der Waals surface area contributed by atoms with Gasteiger partial charge in [-0.05, 0) is 42.8 Å². The summed E-state index contributed by atoms with van der Waals surface area (Å²) < 4.78 is 13.0. The van der Waals surface area contributed by atoms with Crippen LogP contribution in [0.3, 0.4) is 0 Å². The summed E-state index contributed by atoms with van der Waals surface area (Å²) in [4.78, 5) is 20.2. The van der Waals surface area contributed by atoms with Crippen LogP contribution in [-0.4, -0.2) is 46.9 Å². The van der Waals surface area contributed by atoms with Crippen molar-refractivity contribution in [1.29, 1.82) is 0 Å². The highest BCUT2D eigenvalue weighted by Crippen LogP contribution is 2.24. The fourth-order valence-electron chi connectivity index (χ4n) is 3.65. The summed E-state index contributed by atoms with van der Waals surface area (Å²) in [5.74, 6) is -0.339. The minimum atomic E-state index is -0.319. The molecule has 0 bridgehead atoms. The van der Waals surface area contributed by atoms with Crippen molar-refractivity contribution in [3.63, 3.8) is 0 Å². The Morgan fingerprint density at radius 2 is 1.73 bits per heavy atom. The molecule has 2 aromatic carbocycles. The molecule has 1 aromatic heterocycles. The van der Waals surface area contributed by atoms with Gasteiger partial charge in [0, 0.05) is 54.9 Å². The van der Waals surface area contributed by atoms with Gasteiger partial charge in [0.15, 0.2) is 0 Å². The Morgan fingerprint density at radius 1 is 1.04 bits per heavy atom. The maximum absolute atomic E-state index is 13.0. The summed E-state index contributed by atoms with van der Waals surface area (Å²) in [7, 11) is 0. The first-order valence-corrected chi connectivity index (χ1v) is 8.95. The van der Waals surface area contributed by atoms with Crippen LogP contribution in [0.1, 0.15) is 21.6 Å². The zero-order valence-electron chi connectivity index (χ0n) is 14.8. The van der Waals surface area contributed by atoms with E-state index in [-0.39, 0.29) is 11.7 Å². The number of para-hydroxylation sites is 1. The average molecular weight is 351 g/mol. The van der Waals surface area contributed by atoms with Crippen LogP contribution in [0.25, 0.3) is 10.9 Å². The number of benzene rings is 2. The summed E-state index contributed by atoms with van der Waals surface area (Å²) in [6.45, 7) is 6.06. The molecule has 5 heteroatoms. The van der Waals surface area contributed by atoms with Gasteiger partial charge in [0.1, 0.15) is 5.82 Å². The van der Waals surface area contributed by atoms with E-state index in [1.807, 2.05) is 11.0 Å². The lowest BCUT2D eigenvalue weighted by Crippen LogP contribution is -2.48. The molecule has 1 aliphatic rings. The van der Waals surface area contributed by atoms with E-state index in [1.165, 1.54) is 34.3 Å². The van der Waals surface area contributed by atoms with Gasteiger partial charge in [-0.25, -0.2) is 4.39 Å². The third-order valence-electron chi connectivity index (χ3n) is 5.16. The van der Waals surface area contributed by atoms with E-state index in [1.54, 1.807) is 12.1 Å². The second-order valence-electron chi connectivity index (χ2n) is 6.85. The minimum absolute atomic E-state index is 0.0204. The zero-order valence-corrected chi connectivity index (χ0v) is 14.8. The van der Waals surface area contributed by atoms with Crippen molar-refractivity contribution in [2.24, 2.45) is 0 Å². The van der Waals surface area contributed by atoms with E-state index in [4.69, 9.17) is 0 Å². The number of aromatic amines is 1. The predicted octanol–water partition coefficient (Wildman–Crippen LogP) is 3.57. The van der Waals surface area contributed by atoms with Crippen LogP contribution in [0, 0.1) is 12.7 Å². The van der Waals surface area contributed by atoms with E-state index in [2.05, 4.69) is 35.0 Å². The summed E-state index contributed by atoms with van der Waals surface area (Å²) in [5, 5.41) is 1.27. The van der Waals surface area contributed by atoms with Crippen molar-refractivity contribution in [3.05, 3.63) is 71.2 Å². The zero-order chi connectivity index (χ0) is 18.1. The van der Waals surface area contributed by atoms with Crippen molar-refractivity contribution in [3.8, 4) is 0 Å². The van der Waals surface area contributed by atoms with Crippen LogP contribution < -0.4 is 0 Å². The number of carbonyl (C=O) groups is 1. The van der Waals surface area contributed by atoms with Crippen molar-refractivity contribution in [1.82, 2.24) is 14.8 Å². The number of nitrogens with one attached hydrogen (secondary N) is 1. The van der Waals surface area contributed by atoms with Gasteiger partial charge in [0.2, 0.25) is 0 Å². The second kappa shape index (κ2) is 6.92. The van der Waals surface area contributed by atoms with Crippen LogP contribution in [0.15, 0.2) is 48.5 Å². The number of hydrogen-bond donors (Lipinski definition) is 1. The van der Waals surface area contributed by atoms with Gasteiger partial charge in [-0.1, -0.05) is 18.2 Å². The standard InChI is InChI=1S/C21H22FN3O/c1-15-19(18-4-2-3-5-20(18)23-15)14-24-10-12-25(13-11-24)21(26)16-6-8-17(22)9-7-16/h2-9,23H,10-14H2,1H3. The fourth-order valence-corrected chi connectivity index (χ4v) is 3.65. The maximum Gasteiger partial charge on any atom is 0.253 e. The van der Waals surface area contributed by atoms with Gasteiger partial charge in [0.05, 0.1) is 0 Å². The van der Waals surface area contributed by atoms with Gasteiger partial charge in [-0.15, -0.1) is 0 Å². The van der Waals surface area contributed by atoms with Crippen LogP contribution in [0.4, 0.5) is 4.39 Å². The molecule has 0 aliphatic carbocycles. The van der Waals surface area contributed by atoms with Gasteiger partial charge in [-0.3, -0.25) is 9.69 Å². The number of aryl methyl sites for hydroxylation is 1. The summed E-state index contributed by atoms with van der Waals surface area (Å²) in [5.41, 5.74) is 4.26. The Hall–Kier alpha value is -2.66. The highest BCUT2D eigenvalue weighted by molar-refractivity contribution is 5.94. The summed E-state index contributed by atoms with van der Waals surface area (Å²) >= 11 is 0. The molecule has 0 atom stereocenters. The normalized spacial score (nSPS) is 15.5. The predicted molar refractivity (Wildman–Crippen MR) is 101 cm³/mol. The lowest BCUT2D eigenvalue weighted by molar-refractivity contribution is 0.0628. The number of nitrogens with zero attached hydrogens (tertiary/aromatic N) is 2. The molecule has 2 heterocycles. The first-order chi connectivity index (χ1) is 12.6. The summed E-state index contributed by atoms with van der Waals surface area (Å²) in [6, 6.07) is 14.2. The van der Waals surface area contributed by atoms with Crippen LogP contribution in [0.5, 0.6) is 0 Å². The van der Waals surface area contributed by atoms with E-state index in [9.17, 15) is 9.18 Å². The molecule has 0 unspecified atom stereocenters. The Labute approximate surface area is 152 Å². The van der Waals surface area contributed by atoms with Crippen molar-refractivity contribution in [2.45, 2.75) is 13.5 Å². The number of halogens is 1. The topological polar surface area (TPSA) is 39.3 Å². The van der Waals surface area contributed by atoms with Crippen LogP contribution >= 0.6 is 0 Å². The van der Waals surface area contributed by atoms with Crippen LogP contribution in [0.2, 0.25) is 0 Å². The molecule has 134 valence electrons. The first kappa shape index (κ1) is 16.8. The average Bonchev–Trinajstić information content (AvgIpc) is 2.98. The molecule has 26 heavy (non-hydrogen) atoms. The Balaban J connectivity index is 1.41. The Kier molecular flexibility index (Phi) is 4.47. The van der Waals surface area contributed by atoms with Gasteiger partial charge in [0.25, 0.3) is 5.91 Å². The molecule has 0 saturated carbocycles. The third-order valence-corrected chi connectivity index (χ3v) is 5.16. The maximum atomic E-state index is 13.0. The third kappa shape index (κ3) is 3.22. The van der Waals surface area contributed by atoms with Crippen molar-refractivity contribution < 1.29 is 9.18 Å². The number of piperazine rings is 1. The van der Waals surface area contributed by atoms with E-state index >= 15 is 0 Å². The molecular formula is C21H22FN3O. The largest absolute Gasteiger partial charge is 0.358 e. The van der Waals surface area contributed by atoms with Gasteiger partial charge in [-0.2, -0.15) is 0 Å². The molecule has 3 aromatic rings. The minimum Gasteiger partial charge on any atom is -0.358 e. The molecule has 1 N–H and O–H groups in total. The number of amides is 1. The number of H-pyrrole nitrogens is 1. The Bertz CT molecular complexity index is 924. The molecule has 1 amide bonds. The van der Waals surface area contributed by atoms with Crippen molar-refractivity contribution in [2.75, 3.05) is 26.2 Å². The number of fused-ring (bicyclic) bond motifs is 1. The lowest BCUT2D eigenvalue weighted by Gasteiger charge is -2.34. The van der Waals surface area contributed by atoms with E-state index in [0.717, 1.165) is 19.6 Å². The van der Waals surface area contributed by atoms with E-state index < -0.39 is 0 Å². The molecule has 4 rings (SSSR count). The number of hydrogen-bond acceptors (Lipinski definition) is 2. The Morgan fingerprint density at radius 3 is 2.46 bits per heavy atom.